The minimum atomic E-state index is -0.137. The second kappa shape index (κ2) is 6.12. The van der Waals surface area contributed by atoms with E-state index in [0.29, 0.717) is 12.4 Å². The summed E-state index contributed by atoms with van der Waals surface area (Å²) < 4.78 is 8.26. The SMILES string of the molecule is COc1ccc(Cn2nc(C)n(-c3ccc(C)cc3)c2=O)cc1. The number of hydrogen-bond acceptors (Lipinski definition) is 3. The molecule has 0 amide bonds. The Balaban J connectivity index is 1.94. The van der Waals surface area contributed by atoms with Gasteiger partial charge in [-0.2, -0.15) is 5.10 Å². The molecule has 1 aromatic heterocycles. The summed E-state index contributed by atoms with van der Waals surface area (Å²) in [7, 11) is 1.63. The first-order valence-electron chi connectivity index (χ1n) is 7.45. The Hall–Kier alpha value is -2.82. The zero-order valence-electron chi connectivity index (χ0n) is 13.5. The van der Waals surface area contributed by atoms with Crippen LogP contribution in [0.1, 0.15) is 17.0 Å². The molecule has 0 bridgehead atoms. The predicted molar refractivity (Wildman–Crippen MR) is 89.4 cm³/mol. The molecule has 0 unspecified atom stereocenters. The Bertz CT molecular complexity index is 859. The summed E-state index contributed by atoms with van der Waals surface area (Å²) in [5, 5.41) is 4.38. The van der Waals surface area contributed by atoms with Gasteiger partial charge in [-0.3, -0.25) is 0 Å². The summed E-state index contributed by atoms with van der Waals surface area (Å²) >= 11 is 0. The van der Waals surface area contributed by atoms with E-state index in [0.717, 1.165) is 22.6 Å². The third kappa shape index (κ3) is 3.04. The van der Waals surface area contributed by atoms with E-state index in [1.54, 1.807) is 11.7 Å². The van der Waals surface area contributed by atoms with E-state index in [2.05, 4.69) is 5.10 Å². The number of hydrogen-bond donors (Lipinski definition) is 0. The van der Waals surface area contributed by atoms with Crippen LogP contribution in [-0.2, 0) is 6.54 Å². The number of rotatable bonds is 4. The van der Waals surface area contributed by atoms with Gasteiger partial charge in [-0.15, -0.1) is 0 Å². The molecule has 3 rings (SSSR count). The average molecular weight is 309 g/mol. The fourth-order valence-corrected chi connectivity index (χ4v) is 2.51. The average Bonchev–Trinajstić information content (AvgIpc) is 2.83. The Morgan fingerprint density at radius 1 is 1.00 bits per heavy atom. The molecule has 118 valence electrons. The zero-order chi connectivity index (χ0) is 16.4. The van der Waals surface area contributed by atoms with Crippen LogP contribution in [0.5, 0.6) is 5.75 Å². The lowest BCUT2D eigenvalue weighted by Gasteiger charge is -2.04. The van der Waals surface area contributed by atoms with Gasteiger partial charge in [0.25, 0.3) is 0 Å². The lowest BCUT2D eigenvalue weighted by Crippen LogP contribution is -2.24. The van der Waals surface area contributed by atoms with Gasteiger partial charge in [-0.1, -0.05) is 29.8 Å². The smallest absolute Gasteiger partial charge is 0.350 e. The second-order valence-electron chi connectivity index (χ2n) is 5.51. The van der Waals surface area contributed by atoms with Crippen molar-refractivity contribution in [3.05, 3.63) is 76.0 Å². The normalized spacial score (nSPS) is 10.7. The summed E-state index contributed by atoms with van der Waals surface area (Å²) in [6.45, 7) is 4.29. The molecule has 0 aliphatic carbocycles. The predicted octanol–water partition coefficient (Wildman–Crippen LogP) is 2.71. The van der Waals surface area contributed by atoms with E-state index in [9.17, 15) is 4.79 Å². The van der Waals surface area contributed by atoms with Crippen molar-refractivity contribution in [3.63, 3.8) is 0 Å². The van der Waals surface area contributed by atoms with Crippen LogP contribution in [0.15, 0.2) is 53.3 Å². The quantitative estimate of drug-likeness (QED) is 0.744. The third-order valence-corrected chi connectivity index (χ3v) is 3.78. The summed E-state index contributed by atoms with van der Waals surface area (Å²) in [6.07, 6.45) is 0. The minimum Gasteiger partial charge on any atom is -0.497 e. The van der Waals surface area contributed by atoms with Crippen LogP contribution in [0.2, 0.25) is 0 Å². The largest absolute Gasteiger partial charge is 0.497 e. The molecule has 1 heterocycles. The highest BCUT2D eigenvalue weighted by molar-refractivity contribution is 5.35. The van der Waals surface area contributed by atoms with Crippen LogP contribution < -0.4 is 10.4 Å². The summed E-state index contributed by atoms with van der Waals surface area (Å²) in [5.74, 6) is 1.47. The lowest BCUT2D eigenvalue weighted by atomic mass is 10.2. The first kappa shape index (κ1) is 15.1. The molecule has 23 heavy (non-hydrogen) atoms. The number of benzene rings is 2. The Kier molecular flexibility index (Phi) is 4.02. The number of aromatic nitrogens is 3. The van der Waals surface area contributed by atoms with Crippen molar-refractivity contribution < 1.29 is 4.74 Å². The van der Waals surface area contributed by atoms with Crippen molar-refractivity contribution in [1.82, 2.24) is 14.3 Å². The van der Waals surface area contributed by atoms with Gasteiger partial charge in [0, 0.05) is 0 Å². The highest BCUT2D eigenvalue weighted by atomic mass is 16.5. The van der Waals surface area contributed by atoms with Crippen LogP contribution in [0, 0.1) is 13.8 Å². The molecule has 0 N–H and O–H groups in total. The molecule has 0 spiro atoms. The molecule has 0 atom stereocenters. The Labute approximate surface area is 134 Å². The van der Waals surface area contributed by atoms with Crippen LogP contribution in [-0.4, -0.2) is 21.5 Å². The third-order valence-electron chi connectivity index (χ3n) is 3.78. The van der Waals surface area contributed by atoms with E-state index < -0.39 is 0 Å². The van der Waals surface area contributed by atoms with E-state index in [4.69, 9.17) is 4.74 Å². The molecule has 0 radical (unpaired) electrons. The summed E-state index contributed by atoms with van der Waals surface area (Å²) in [5.41, 5.74) is 2.85. The van der Waals surface area contributed by atoms with E-state index in [-0.39, 0.29) is 5.69 Å². The number of methoxy groups -OCH3 is 1. The van der Waals surface area contributed by atoms with Crippen LogP contribution in [0.3, 0.4) is 0 Å². The Morgan fingerprint density at radius 3 is 2.26 bits per heavy atom. The van der Waals surface area contributed by atoms with E-state index in [1.165, 1.54) is 4.68 Å². The van der Waals surface area contributed by atoms with Crippen molar-refractivity contribution in [2.75, 3.05) is 7.11 Å². The standard InChI is InChI=1S/C18H19N3O2/c1-13-4-8-16(9-5-13)21-14(2)19-20(18(21)22)12-15-6-10-17(23-3)11-7-15/h4-11H,12H2,1-3H3. The van der Waals surface area contributed by atoms with Gasteiger partial charge in [0.15, 0.2) is 0 Å². The molecule has 5 heteroatoms. The van der Waals surface area contributed by atoms with Crippen LogP contribution >= 0.6 is 0 Å². The van der Waals surface area contributed by atoms with Crippen molar-refractivity contribution >= 4 is 0 Å². The highest BCUT2D eigenvalue weighted by Gasteiger charge is 2.12. The zero-order valence-corrected chi connectivity index (χ0v) is 13.5. The van der Waals surface area contributed by atoms with Gasteiger partial charge in [0.2, 0.25) is 0 Å². The van der Waals surface area contributed by atoms with Gasteiger partial charge < -0.3 is 4.74 Å². The monoisotopic (exact) mass is 309 g/mol. The molecule has 0 aliphatic heterocycles. The van der Waals surface area contributed by atoms with E-state index >= 15 is 0 Å². The highest BCUT2D eigenvalue weighted by Crippen LogP contribution is 2.13. The molecular formula is C18H19N3O2. The second-order valence-corrected chi connectivity index (χ2v) is 5.51. The number of aryl methyl sites for hydroxylation is 2. The van der Waals surface area contributed by atoms with Crippen LogP contribution in [0.4, 0.5) is 0 Å². The van der Waals surface area contributed by atoms with Gasteiger partial charge in [0.1, 0.15) is 11.6 Å². The van der Waals surface area contributed by atoms with Gasteiger partial charge >= 0.3 is 5.69 Å². The van der Waals surface area contributed by atoms with Crippen molar-refractivity contribution in [3.8, 4) is 11.4 Å². The molecule has 0 saturated heterocycles. The maximum Gasteiger partial charge on any atom is 0.350 e. The minimum absolute atomic E-state index is 0.137. The van der Waals surface area contributed by atoms with Gasteiger partial charge in [-0.25, -0.2) is 14.0 Å². The van der Waals surface area contributed by atoms with Crippen LogP contribution in [0.25, 0.3) is 5.69 Å². The fourth-order valence-electron chi connectivity index (χ4n) is 2.51. The van der Waals surface area contributed by atoms with Gasteiger partial charge in [0.05, 0.1) is 19.3 Å². The molecule has 0 saturated carbocycles. The number of ether oxygens (including phenoxy) is 1. The topological polar surface area (TPSA) is 49.0 Å². The molecule has 0 fully saturated rings. The fraction of sp³-hybridized carbons (Fsp3) is 0.222. The van der Waals surface area contributed by atoms with Crippen molar-refractivity contribution in [1.29, 1.82) is 0 Å². The first-order valence-corrected chi connectivity index (χ1v) is 7.45. The maximum absolute atomic E-state index is 12.6. The Morgan fingerprint density at radius 2 is 1.65 bits per heavy atom. The number of nitrogens with zero attached hydrogens (tertiary/aromatic N) is 3. The van der Waals surface area contributed by atoms with Crippen molar-refractivity contribution in [2.45, 2.75) is 20.4 Å². The van der Waals surface area contributed by atoms with Crippen molar-refractivity contribution in [2.24, 2.45) is 0 Å². The lowest BCUT2D eigenvalue weighted by molar-refractivity contribution is 0.414. The molecule has 3 aromatic rings. The molecule has 2 aromatic carbocycles. The van der Waals surface area contributed by atoms with E-state index in [1.807, 2.05) is 62.4 Å². The molecular weight excluding hydrogens is 290 g/mol. The first-order chi connectivity index (χ1) is 11.1. The summed E-state index contributed by atoms with van der Waals surface area (Å²) in [6, 6.07) is 15.5. The molecule has 0 aliphatic rings. The summed E-state index contributed by atoms with van der Waals surface area (Å²) in [4.78, 5) is 12.6. The maximum atomic E-state index is 12.6. The van der Waals surface area contributed by atoms with Gasteiger partial charge in [-0.05, 0) is 43.7 Å². The molecule has 5 nitrogen and oxygen atoms in total.